The van der Waals surface area contributed by atoms with Gasteiger partial charge >= 0.3 is 6.03 Å². The Morgan fingerprint density at radius 2 is 2.18 bits per heavy atom. The fourth-order valence-corrected chi connectivity index (χ4v) is 0.690. The van der Waals surface area contributed by atoms with Crippen molar-refractivity contribution in [2.45, 2.75) is 6.54 Å². The van der Waals surface area contributed by atoms with E-state index in [1.54, 1.807) is 12.4 Å². The maximum atomic E-state index is 10.3. The van der Waals surface area contributed by atoms with E-state index in [9.17, 15) is 4.79 Å². The van der Waals surface area contributed by atoms with Crippen molar-refractivity contribution < 1.29 is 4.79 Å². The van der Waals surface area contributed by atoms with Gasteiger partial charge in [-0.2, -0.15) is 0 Å². The second kappa shape index (κ2) is 3.55. The van der Waals surface area contributed by atoms with Gasteiger partial charge in [-0.15, -0.1) is 0 Å². The summed E-state index contributed by atoms with van der Waals surface area (Å²) in [6.07, 6.45) is 3.33. The minimum Gasteiger partial charge on any atom is -0.352 e. The van der Waals surface area contributed by atoms with Gasteiger partial charge in [0, 0.05) is 18.9 Å². The molecular formula is C7H9N3O. The molecule has 0 bridgehead atoms. The number of pyridine rings is 1. The summed E-state index contributed by atoms with van der Waals surface area (Å²) in [5.74, 6) is 0. The molecule has 0 saturated carbocycles. The summed E-state index contributed by atoms with van der Waals surface area (Å²) in [4.78, 5) is 14.1. The highest BCUT2D eigenvalue weighted by atomic mass is 16.2. The summed E-state index contributed by atoms with van der Waals surface area (Å²) >= 11 is 0. The third-order valence-electron chi connectivity index (χ3n) is 1.22. The van der Waals surface area contributed by atoms with Crippen LogP contribution in [0.5, 0.6) is 0 Å². The van der Waals surface area contributed by atoms with Crippen LogP contribution in [0.25, 0.3) is 0 Å². The van der Waals surface area contributed by atoms with Gasteiger partial charge in [0.2, 0.25) is 0 Å². The SMILES string of the molecule is NC(=O)NCc1ccncc1. The number of hydrogen-bond acceptors (Lipinski definition) is 2. The van der Waals surface area contributed by atoms with Crippen molar-refractivity contribution in [2.75, 3.05) is 0 Å². The van der Waals surface area contributed by atoms with E-state index >= 15 is 0 Å². The van der Waals surface area contributed by atoms with Gasteiger partial charge in [-0.25, -0.2) is 4.79 Å². The Labute approximate surface area is 64.4 Å². The van der Waals surface area contributed by atoms with Gasteiger partial charge < -0.3 is 11.1 Å². The molecule has 0 aromatic carbocycles. The monoisotopic (exact) mass is 151 g/mol. The van der Waals surface area contributed by atoms with Crippen LogP contribution in [0.3, 0.4) is 0 Å². The Morgan fingerprint density at radius 3 is 2.73 bits per heavy atom. The van der Waals surface area contributed by atoms with Gasteiger partial charge in [0.25, 0.3) is 0 Å². The van der Waals surface area contributed by atoms with E-state index in [4.69, 9.17) is 5.73 Å². The molecule has 1 aromatic rings. The van der Waals surface area contributed by atoms with E-state index in [0.717, 1.165) is 5.56 Å². The fourth-order valence-electron chi connectivity index (χ4n) is 0.690. The first-order chi connectivity index (χ1) is 5.29. The number of rotatable bonds is 2. The van der Waals surface area contributed by atoms with Crippen LogP contribution in [0.4, 0.5) is 4.79 Å². The number of urea groups is 1. The molecule has 1 rings (SSSR count). The van der Waals surface area contributed by atoms with Crippen molar-refractivity contribution in [3.63, 3.8) is 0 Å². The fraction of sp³-hybridized carbons (Fsp3) is 0.143. The van der Waals surface area contributed by atoms with Gasteiger partial charge in [-0.05, 0) is 17.7 Å². The summed E-state index contributed by atoms with van der Waals surface area (Å²) in [5.41, 5.74) is 5.86. The standard InChI is InChI=1S/C7H9N3O/c8-7(11)10-5-6-1-3-9-4-2-6/h1-4H,5H2,(H3,8,10,11). The molecule has 3 N–H and O–H groups in total. The van der Waals surface area contributed by atoms with E-state index in [1.165, 1.54) is 0 Å². The molecule has 0 spiro atoms. The zero-order chi connectivity index (χ0) is 8.10. The number of nitrogens with two attached hydrogens (primary N) is 1. The second-order valence-electron chi connectivity index (χ2n) is 2.07. The molecule has 1 aromatic heterocycles. The molecular weight excluding hydrogens is 142 g/mol. The number of aromatic nitrogens is 1. The smallest absolute Gasteiger partial charge is 0.312 e. The summed E-state index contributed by atoms with van der Waals surface area (Å²) < 4.78 is 0. The lowest BCUT2D eigenvalue weighted by Crippen LogP contribution is -2.28. The van der Waals surface area contributed by atoms with Crippen molar-refractivity contribution in [1.29, 1.82) is 0 Å². The average molecular weight is 151 g/mol. The quantitative estimate of drug-likeness (QED) is 0.636. The van der Waals surface area contributed by atoms with Gasteiger partial charge in [-0.3, -0.25) is 4.98 Å². The molecule has 0 unspecified atom stereocenters. The maximum absolute atomic E-state index is 10.3. The molecule has 4 nitrogen and oxygen atoms in total. The minimum absolute atomic E-state index is 0.456. The number of hydrogen-bond donors (Lipinski definition) is 2. The molecule has 0 aliphatic carbocycles. The van der Waals surface area contributed by atoms with E-state index < -0.39 is 6.03 Å². The number of primary amides is 1. The molecule has 2 amide bonds. The van der Waals surface area contributed by atoms with Crippen molar-refractivity contribution >= 4 is 6.03 Å². The van der Waals surface area contributed by atoms with Crippen LogP contribution in [0.1, 0.15) is 5.56 Å². The number of nitrogens with zero attached hydrogens (tertiary/aromatic N) is 1. The number of amides is 2. The van der Waals surface area contributed by atoms with Crippen LogP contribution < -0.4 is 11.1 Å². The second-order valence-corrected chi connectivity index (χ2v) is 2.07. The topological polar surface area (TPSA) is 68.0 Å². The van der Waals surface area contributed by atoms with Crippen LogP contribution in [-0.2, 0) is 6.54 Å². The molecule has 0 aliphatic rings. The first-order valence-electron chi connectivity index (χ1n) is 3.21. The van der Waals surface area contributed by atoms with Gasteiger partial charge in [0.15, 0.2) is 0 Å². The normalized spacial score (nSPS) is 9.09. The highest BCUT2D eigenvalue weighted by Crippen LogP contribution is 1.93. The lowest BCUT2D eigenvalue weighted by Gasteiger charge is -1.99. The Hall–Kier alpha value is -1.58. The number of carbonyl (C=O) groups excluding carboxylic acids is 1. The number of nitrogens with one attached hydrogen (secondary N) is 1. The van der Waals surface area contributed by atoms with E-state index in [2.05, 4.69) is 10.3 Å². The third-order valence-corrected chi connectivity index (χ3v) is 1.22. The maximum Gasteiger partial charge on any atom is 0.312 e. The van der Waals surface area contributed by atoms with Crippen molar-refractivity contribution in [2.24, 2.45) is 5.73 Å². The summed E-state index contributed by atoms with van der Waals surface area (Å²) in [5, 5.41) is 2.47. The molecule has 58 valence electrons. The highest BCUT2D eigenvalue weighted by Gasteiger charge is 1.92. The average Bonchev–Trinajstić information content (AvgIpc) is 2.03. The van der Waals surface area contributed by atoms with Crippen molar-refractivity contribution in [1.82, 2.24) is 10.3 Å². The molecule has 11 heavy (non-hydrogen) atoms. The Kier molecular flexibility index (Phi) is 2.43. The molecule has 0 saturated heterocycles. The van der Waals surface area contributed by atoms with Gasteiger partial charge in [-0.1, -0.05) is 0 Å². The number of carbonyl (C=O) groups is 1. The molecule has 0 aliphatic heterocycles. The Morgan fingerprint density at radius 1 is 1.55 bits per heavy atom. The largest absolute Gasteiger partial charge is 0.352 e. The predicted molar refractivity (Wildman–Crippen MR) is 40.7 cm³/mol. The van der Waals surface area contributed by atoms with Gasteiger partial charge in [0.1, 0.15) is 0 Å². The predicted octanol–water partition coefficient (Wildman–Crippen LogP) is 0.250. The highest BCUT2D eigenvalue weighted by molar-refractivity contribution is 5.71. The van der Waals surface area contributed by atoms with E-state index in [1.807, 2.05) is 12.1 Å². The first kappa shape index (κ1) is 7.53. The van der Waals surface area contributed by atoms with E-state index in [0.29, 0.717) is 6.54 Å². The first-order valence-corrected chi connectivity index (χ1v) is 3.21. The summed E-state index contributed by atoms with van der Waals surface area (Å²) in [6, 6.07) is 3.12. The Bertz CT molecular complexity index is 235. The lowest BCUT2D eigenvalue weighted by molar-refractivity contribution is 0.248. The molecule has 4 heteroatoms. The Balaban J connectivity index is 2.45. The lowest BCUT2D eigenvalue weighted by atomic mass is 10.3. The van der Waals surface area contributed by atoms with Crippen molar-refractivity contribution in [3.8, 4) is 0 Å². The molecule has 1 heterocycles. The third kappa shape index (κ3) is 2.66. The van der Waals surface area contributed by atoms with Crippen LogP contribution in [-0.4, -0.2) is 11.0 Å². The van der Waals surface area contributed by atoms with E-state index in [-0.39, 0.29) is 0 Å². The molecule has 0 atom stereocenters. The van der Waals surface area contributed by atoms with Crippen LogP contribution in [0, 0.1) is 0 Å². The van der Waals surface area contributed by atoms with Crippen LogP contribution in [0.2, 0.25) is 0 Å². The van der Waals surface area contributed by atoms with Crippen molar-refractivity contribution in [3.05, 3.63) is 30.1 Å². The zero-order valence-corrected chi connectivity index (χ0v) is 5.95. The summed E-state index contributed by atoms with van der Waals surface area (Å²) in [7, 11) is 0. The van der Waals surface area contributed by atoms with Gasteiger partial charge in [0.05, 0.1) is 0 Å². The minimum atomic E-state index is -0.512. The molecule has 0 radical (unpaired) electrons. The summed E-state index contributed by atoms with van der Waals surface area (Å²) in [6.45, 7) is 0.456. The van der Waals surface area contributed by atoms with Crippen LogP contribution in [0.15, 0.2) is 24.5 Å². The molecule has 0 fully saturated rings. The van der Waals surface area contributed by atoms with Crippen LogP contribution >= 0.6 is 0 Å². The zero-order valence-electron chi connectivity index (χ0n) is 5.95.